The van der Waals surface area contributed by atoms with Crippen molar-refractivity contribution in [1.29, 1.82) is 0 Å². The maximum atomic E-state index is 9.65. The van der Waals surface area contributed by atoms with Crippen LogP contribution in [0, 0.1) is 0 Å². The summed E-state index contributed by atoms with van der Waals surface area (Å²) in [5, 5.41) is 16.3. The summed E-state index contributed by atoms with van der Waals surface area (Å²) >= 11 is 0. The van der Waals surface area contributed by atoms with Crippen LogP contribution in [0.15, 0.2) is 0 Å². The molecule has 0 aromatic carbocycles. The van der Waals surface area contributed by atoms with Gasteiger partial charge in [0.25, 0.3) is 0 Å². The van der Waals surface area contributed by atoms with Crippen LogP contribution < -0.4 is 0 Å². The summed E-state index contributed by atoms with van der Waals surface area (Å²) < 4.78 is 0. The second-order valence-corrected chi connectivity index (χ2v) is 1.45. The summed E-state index contributed by atoms with van der Waals surface area (Å²) in [6.45, 7) is 1.44. The van der Waals surface area contributed by atoms with Gasteiger partial charge in [-0.1, -0.05) is 0 Å². The summed E-state index contributed by atoms with van der Waals surface area (Å²) in [5.74, 6) is -0.963. The summed E-state index contributed by atoms with van der Waals surface area (Å²) in [5.41, 5.74) is 0. The van der Waals surface area contributed by atoms with E-state index >= 15 is 0 Å². The Morgan fingerprint density at radius 1 is 1.67 bits per heavy atom. The first-order valence-corrected chi connectivity index (χ1v) is 2.03. The molecule has 0 saturated carbocycles. The van der Waals surface area contributed by atoms with Gasteiger partial charge in [-0.25, -0.2) is 0 Å². The van der Waals surface area contributed by atoms with E-state index in [1.807, 2.05) is 0 Å². The van der Waals surface area contributed by atoms with Crippen molar-refractivity contribution in [3.63, 3.8) is 0 Å². The fourth-order valence-corrected chi connectivity index (χ4v) is 0.253. The predicted molar refractivity (Wildman–Crippen MR) is 38.2 cm³/mol. The third-order valence-electron chi connectivity index (χ3n) is 0.470. The van der Waals surface area contributed by atoms with E-state index in [0.717, 1.165) is 0 Å². The maximum absolute atomic E-state index is 9.65. The first-order chi connectivity index (χ1) is 3.13. The van der Waals surface area contributed by atoms with Crippen LogP contribution in [-0.2, 0) is 4.79 Å². The van der Waals surface area contributed by atoms with Crippen molar-refractivity contribution in [3.8, 4) is 0 Å². The molecule has 0 rings (SSSR count). The molecule has 0 aromatic heterocycles. The molecular weight excluding hydrogens is 158 g/mol. The molecule has 0 heterocycles. The van der Waals surface area contributed by atoms with Crippen molar-refractivity contribution in [2.45, 2.75) is 19.4 Å². The van der Waals surface area contributed by atoms with Crippen LogP contribution >= 0.6 is 0 Å². The average Bonchev–Trinajstić information content (AvgIpc) is 1.27. The summed E-state index contributed by atoms with van der Waals surface area (Å²) in [7, 11) is 0. The standard InChI is InChI=1S/C4H8O3.K.Na.2H/c1-3(5)2-4(6)7;;;;/h3,5H,2H2,1H3,(H,6,7);;;;. The number of carboxylic acids is 1. The van der Waals surface area contributed by atoms with Crippen LogP contribution in [0.5, 0.6) is 0 Å². The number of hydrogen-bond acceptors (Lipinski definition) is 2. The normalized spacial score (nSPS) is 10.4. The van der Waals surface area contributed by atoms with Crippen LogP contribution in [0.1, 0.15) is 13.3 Å². The van der Waals surface area contributed by atoms with E-state index in [-0.39, 0.29) is 87.4 Å². The molecule has 0 aliphatic heterocycles. The number of carboxylic acid groups (broad SMARTS) is 1. The predicted octanol–water partition coefficient (Wildman–Crippen LogP) is -1.46. The number of carbonyl (C=O) groups is 1. The molecule has 0 aliphatic rings. The molecule has 5 heteroatoms. The average molecular weight is 168 g/mol. The van der Waals surface area contributed by atoms with Crippen LogP contribution in [-0.4, -0.2) is 103 Å². The molecule has 1 unspecified atom stereocenters. The molecule has 0 bridgehead atoms. The monoisotopic (exact) mass is 168 g/mol. The Morgan fingerprint density at radius 3 is 2.00 bits per heavy atom. The zero-order valence-electron chi connectivity index (χ0n) is 4.09. The Labute approximate surface area is 119 Å². The van der Waals surface area contributed by atoms with Gasteiger partial charge in [-0.15, -0.1) is 0 Å². The van der Waals surface area contributed by atoms with Crippen molar-refractivity contribution in [2.75, 3.05) is 0 Å². The summed E-state index contributed by atoms with van der Waals surface area (Å²) in [4.78, 5) is 9.65. The Kier molecular flexibility index (Phi) is 19.3. The third-order valence-corrected chi connectivity index (χ3v) is 0.470. The Balaban J connectivity index is -0.000000180. The number of aliphatic carboxylic acids is 1. The first kappa shape index (κ1) is 17.2. The fraction of sp³-hybridized carbons (Fsp3) is 0.750. The molecule has 0 spiro atoms. The Morgan fingerprint density at radius 2 is 2.00 bits per heavy atom. The molecule has 9 heavy (non-hydrogen) atoms. The van der Waals surface area contributed by atoms with E-state index in [2.05, 4.69) is 0 Å². The van der Waals surface area contributed by atoms with Gasteiger partial charge in [0.15, 0.2) is 0 Å². The van der Waals surface area contributed by atoms with Gasteiger partial charge < -0.3 is 10.2 Å². The van der Waals surface area contributed by atoms with Gasteiger partial charge in [0.05, 0.1) is 12.5 Å². The second kappa shape index (κ2) is 10.1. The minimum absolute atomic E-state index is 0. The molecule has 0 amide bonds. The Bertz CT molecular complexity index is 76.2. The van der Waals surface area contributed by atoms with E-state index in [0.29, 0.717) is 0 Å². The van der Waals surface area contributed by atoms with Gasteiger partial charge in [0.1, 0.15) is 0 Å². The molecule has 0 radical (unpaired) electrons. The molecular formula is C4H10KNaO3. The first-order valence-electron chi connectivity index (χ1n) is 2.03. The topological polar surface area (TPSA) is 57.5 Å². The van der Waals surface area contributed by atoms with Gasteiger partial charge in [-0.05, 0) is 6.92 Å². The van der Waals surface area contributed by atoms with Crippen molar-refractivity contribution < 1.29 is 15.0 Å². The zero-order valence-corrected chi connectivity index (χ0v) is 4.09. The minimum atomic E-state index is -0.963. The van der Waals surface area contributed by atoms with Gasteiger partial charge in [-0.3, -0.25) is 4.79 Å². The molecule has 0 fully saturated rings. The summed E-state index contributed by atoms with van der Waals surface area (Å²) in [6.07, 6.45) is -0.891. The number of hydrogen-bond donors (Lipinski definition) is 2. The van der Waals surface area contributed by atoms with Crippen LogP contribution in [0.2, 0.25) is 0 Å². The molecule has 1 atom stereocenters. The van der Waals surface area contributed by atoms with Crippen LogP contribution in [0.3, 0.4) is 0 Å². The van der Waals surface area contributed by atoms with E-state index in [9.17, 15) is 4.79 Å². The van der Waals surface area contributed by atoms with Gasteiger partial charge >= 0.3 is 86.9 Å². The molecule has 3 nitrogen and oxygen atoms in total. The van der Waals surface area contributed by atoms with Gasteiger partial charge in [0.2, 0.25) is 0 Å². The van der Waals surface area contributed by atoms with E-state index < -0.39 is 12.1 Å². The van der Waals surface area contributed by atoms with Crippen molar-refractivity contribution in [3.05, 3.63) is 0 Å². The molecule has 0 aromatic rings. The van der Waals surface area contributed by atoms with Crippen molar-refractivity contribution >= 4 is 86.9 Å². The van der Waals surface area contributed by atoms with E-state index in [1.54, 1.807) is 0 Å². The molecule has 46 valence electrons. The second-order valence-electron chi connectivity index (χ2n) is 1.45. The van der Waals surface area contributed by atoms with Crippen molar-refractivity contribution in [2.24, 2.45) is 0 Å². The summed E-state index contributed by atoms with van der Waals surface area (Å²) in [6, 6.07) is 0. The van der Waals surface area contributed by atoms with Crippen molar-refractivity contribution in [1.82, 2.24) is 0 Å². The quantitative estimate of drug-likeness (QED) is 0.496. The zero-order chi connectivity index (χ0) is 5.86. The van der Waals surface area contributed by atoms with Crippen LogP contribution in [0.4, 0.5) is 0 Å². The van der Waals surface area contributed by atoms with E-state index in [1.165, 1.54) is 6.92 Å². The number of rotatable bonds is 2. The molecule has 2 N–H and O–H groups in total. The number of aliphatic hydroxyl groups excluding tert-OH is 1. The van der Waals surface area contributed by atoms with Gasteiger partial charge in [-0.2, -0.15) is 0 Å². The molecule has 0 aliphatic carbocycles. The Hall–Kier alpha value is 2.07. The van der Waals surface area contributed by atoms with Gasteiger partial charge in [0, 0.05) is 0 Å². The molecule has 0 saturated heterocycles. The van der Waals surface area contributed by atoms with E-state index in [4.69, 9.17) is 10.2 Å². The fourth-order valence-electron chi connectivity index (χ4n) is 0.253. The SMILES string of the molecule is CC(O)CC(=O)O.[KH].[NaH]. The third kappa shape index (κ3) is 17.8. The number of aliphatic hydroxyl groups is 1. The van der Waals surface area contributed by atoms with Crippen LogP contribution in [0.25, 0.3) is 0 Å².